The van der Waals surface area contributed by atoms with Crippen LogP contribution >= 0.6 is 0 Å². The summed E-state index contributed by atoms with van der Waals surface area (Å²) < 4.78 is 2.16. The molecule has 0 saturated heterocycles. The molecule has 0 atom stereocenters. The maximum absolute atomic E-state index is 4.39. The van der Waals surface area contributed by atoms with Gasteiger partial charge in [0.1, 0.15) is 0 Å². The van der Waals surface area contributed by atoms with Gasteiger partial charge in [0.25, 0.3) is 0 Å². The van der Waals surface area contributed by atoms with Gasteiger partial charge < -0.3 is 9.88 Å². The molecule has 0 aliphatic rings. The monoisotopic (exact) mass is 257 g/mol. The van der Waals surface area contributed by atoms with E-state index in [-0.39, 0.29) is 5.54 Å². The molecular formula is C16H23N3. The lowest BCUT2D eigenvalue weighted by atomic mass is 10.1. The van der Waals surface area contributed by atoms with Crippen molar-refractivity contribution in [2.75, 3.05) is 0 Å². The zero-order valence-electron chi connectivity index (χ0n) is 12.5. The standard InChI is InChI=1S/C16H23N3/c1-12-13(2)19(11-17-12)15-9-7-6-8-14(15)10-18-16(3,4)5/h6-9,11,18H,10H2,1-5H3. The van der Waals surface area contributed by atoms with Crippen molar-refractivity contribution in [3.8, 4) is 5.69 Å². The number of aryl methyl sites for hydroxylation is 1. The zero-order chi connectivity index (χ0) is 14.0. The molecule has 0 amide bonds. The molecule has 0 fully saturated rings. The van der Waals surface area contributed by atoms with Gasteiger partial charge in [-0.05, 0) is 46.2 Å². The number of benzene rings is 1. The first kappa shape index (κ1) is 13.8. The summed E-state index contributed by atoms with van der Waals surface area (Å²) in [4.78, 5) is 4.39. The van der Waals surface area contributed by atoms with Gasteiger partial charge in [-0.1, -0.05) is 18.2 Å². The minimum absolute atomic E-state index is 0.118. The highest BCUT2D eigenvalue weighted by atomic mass is 15.1. The highest BCUT2D eigenvalue weighted by Crippen LogP contribution is 2.18. The first-order valence-electron chi connectivity index (χ1n) is 6.72. The number of hydrogen-bond acceptors (Lipinski definition) is 2. The van der Waals surface area contributed by atoms with Crippen molar-refractivity contribution < 1.29 is 0 Å². The molecule has 0 radical (unpaired) electrons. The predicted octanol–water partition coefficient (Wildman–Crippen LogP) is 3.38. The summed E-state index contributed by atoms with van der Waals surface area (Å²) in [6.45, 7) is 11.6. The number of aromatic nitrogens is 2. The zero-order valence-corrected chi connectivity index (χ0v) is 12.5. The molecule has 19 heavy (non-hydrogen) atoms. The Morgan fingerprint density at radius 2 is 1.84 bits per heavy atom. The minimum Gasteiger partial charge on any atom is -0.308 e. The molecule has 0 unspecified atom stereocenters. The summed E-state index contributed by atoms with van der Waals surface area (Å²) in [5.41, 5.74) is 4.89. The van der Waals surface area contributed by atoms with Crippen molar-refractivity contribution >= 4 is 0 Å². The van der Waals surface area contributed by atoms with E-state index in [2.05, 4.69) is 66.8 Å². The van der Waals surface area contributed by atoms with Crippen molar-refractivity contribution in [3.05, 3.63) is 47.5 Å². The Bertz CT molecular complexity index is 562. The smallest absolute Gasteiger partial charge is 0.0997 e. The Labute approximate surface area is 115 Å². The average molecular weight is 257 g/mol. The second-order valence-corrected chi connectivity index (χ2v) is 6.02. The largest absolute Gasteiger partial charge is 0.308 e. The molecular weight excluding hydrogens is 234 g/mol. The van der Waals surface area contributed by atoms with E-state index in [0.29, 0.717) is 0 Å². The number of nitrogens with one attached hydrogen (secondary N) is 1. The number of hydrogen-bond donors (Lipinski definition) is 1. The molecule has 1 aromatic carbocycles. The van der Waals surface area contributed by atoms with Crippen molar-refractivity contribution in [2.24, 2.45) is 0 Å². The Morgan fingerprint density at radius 3 is 2.42 bits per heavy atom. The van der Waals surface area contributed by atoms with Crippen LogP contribution < -0.4 is 5.32 Å². The summed E-state index contributed by atoms with van der Waals surface area (Å²) >= 11 is 0. The quantitative estimate of drug-likeness (QED) is 0.913. The predicted molar refractivity (Wildman–Crippen MR) is 79.6 cm³/mol. The lowest BCUT2D eigenvalue weighted by molar-refractivity contribution is 0.424. The molecule has 0 aliphatic heterocycles. The third-order valence-corrected chi connectivity index (χ3v) is 3.31. The van der Waals surface area contributed by atoms with E-state index in [1.165, 1.54) is 16.9 Å². The molecule has 1 heterocycles. The van der Waals surface area contributed by atoms with Gasteiger partial charge >= 0.3 is 0 Å². The number of para-hydroxylation sites is 1. The van der Waals surface area contributed by atoms with Gasteiger partial charge in [-0.15, -0.1) is 0 Å². The van der Waals surface area contributed by atoms with Crippen LogP contribution in [0.1, 0.15) is 37.7 Å². The fourth-order valence-corrected chi connectivity index (χ4v) is 2.00. The van der Waals surface area contributed by atoms with Crippen LogP contribution in [0, 0.1) is 13.8 Å². The van der Waals surface area contributed by atoms with Crippen LogP contribution in [0.5, 0.6) is 0 Å². The molecule has 2 rings (SSSR count). The SMILES string of the molecule is Cc1ncn(-c2ccccc2CNC(C)(C)C)c1C. The van der Waals surface area contributed by atoms with Crippen LogP contribution in [0.4, 0.5) is 0 Å². The molecule has 102 valence electrons. The third-order valence-electron chi connectivity index (χ3n) is 3.31. The third kappa shape index (κ3) is 3.24. The lowest BCUT2D eigenvalue weighted by Crippen LogP contribution is -2.35. The van der Waals surface area contributed by atoms with Crippen LogP contribution in [0.25, 0.3) is 5.69 Å². The topological polar surface area (TPSA) is 29.9 Å². The Balaban J connectivity index is 2.34. The molecule has 2 aromatic rings. The summed E-state index contributed by atoms with van der Waals surface area (Å²) in [7, 11) is 0. The Kier molecular flexibility index (Phi) is 3.76. The van der Waals surface area contributed by atoms with E-state index < -0.39 is 0 Å². The highest BCUT2D eigenvalue weighted by Gasteiger charge is 2.12. The minimum atomic E-state index is 0.118. The van der Waals surface area contributed by atoms with Crippen molar-refractivity contribution in [2.45, 2.75) is 46.7 Å². The molecule has 0 bridgehead atoms. The van der Waals surface area contributed by atoms with Gasteiger partial charge in [0.2, 0.25) is 0 Å². The normalized spacial score (nSPS) is 11.8. The van der Waals surface area contributed by atoms with Crippen LogP contribution in [0.3, 0.4) is 0 Å². The van der Waals surface area contributed by atoms with Gasteiger partial charge in [-0.3, -0.25) is 0 Å². The second-order valence-electron chi connectivity index (χ2n) is 6.02. The second kappa shape index (κ2) is 5.17. The summed E-state index contributed by atoms with van der Waals surface area (Å²) in [6.07, 6.45) is 1.90. The maximum atomic E-state index is 4.39. The highest BCUT2D eigenvalue weighted by molar-refractivity contribution is 5.43. The fourth-order valence-electron chi connectivity index (χ4n) is 2.00. The molecule has 3 nitrogen and oxygen atoms in total. The number of imidazole rings is 1. The van der Waals surface area contributed by atoms with Crippen LogP contribution in [-0.4, -0.2) is 15.1 Å². The summed E-state index contributed by atoms with van der Waals surface area (Å²) in [5.74, 6) is 0. The summed E-state index contributed by atoms with van der Waals surface area (Å²) in [6, 6.07) is 8.48. The van der Waals surface area contributed by atoms with Gasteiger partial charge in [0.05, 0.1) is 17.7 Å². The van der Waals surface area contributed by atoms with E-state index in [1.54, 1.807) is 0 Å². The Hall–Kier alpha value is -1.61. The first-order valence-corrected chi connectivity index (χ1v) is 6.72. The molecule has 0 saturated carbocycles. The van der Waals surface area contributed by atoms with E-state index in [4.69, 9.17) is 0 Å². The van der Waals surface area contributed by atoms with Crippen molar-refractivity contribution in [1.29, 1.82) is 0 Å². The van der Waals surface area contributed by atoms with Crippen molar-refractivity contribution in [1.82, 2.24) is 14.9 Å². The van der Waals surface area contributed by atoms with E-state index in [1.807, 2.05) is 13.3 Å². The van der Waals surface area contributed by atoms with E-state index in [0.717, 1.165) is 12.2 Å². The van der Waals surface area contributed by atoms with Crippen molar-refractivity contribution in [3.63, 3.8) is 0 Å². The molecule has 0 aliphatic carbocycles. The number of nitrogens with zero attached hydrogens (tertiary/aromatic N) is 2. The van der Waals surface area contributed by atoms with Crippen LogP contribution in [0.2, 0.25) is 0 Å². The van der Waals surface area contributed by atoms with Gasteiger partial charge in [0, 0.05) is 17.8 Å². The van der Waals surface area contributed by atoms with E-state index >= 15 is 0 Å². The summed E-state index contributed by atoms with van der Waals surface area (Å²) in [5, 5.41) is 3.54. The van der Waals surface area contributed by atoms with Crippen LogP contribution in [-0.2, 0) is 6.54 Å². The van der Waals surface area contributed by atoms with Crippen LogP contribution in [0.15, 0.2) is 30.6 Å². The fraction of sp³-hybridized carbons (Fsp3) is 0.438. The molecule has 1 aromatic heterocycles. The number of rotatable bonds is 3. The van der Waals surface area contributed by atoms with Gasteiger partial charge in [-0.2, -0.15) is 0 Å². The first-order chi connectivity index (χ1) is 8.88. The molecule has 3 heteroatoms. The molecule has 0 spiro atoms. The van der Waals surface area contributed by atoms with Gasteiger partial charge in [0.15, 0.2) is 0 Å². The Morgan fingerprint density at radius 1 is 1.16 bits per heavy atom. The molecule has 1 N–H and O–H groups in total. The van der Waals surface area contributed by atoms with E-state index in [9.17, 15) is 0 Å². The van der Waals surface area contributed by atoms with Gasteiger partial charge in [-0.25, -0.2) is 4.98 Å². The maximum Gasteiger partial charge on any atom is 0.0997 e. The lowest BCUT2D eigenvalue weighted by Gasteiger charge is -2.22. The average Bonchev–Trinajstić information content (AvgIpc) is 2.67.